The van der Waals surface area contributed by atoms with Crippen LogP contribution in [0.2, 0.25) is 0 Å². The Morgan fingerprint density at radius 1 is 1.31 bits per heavy atom. The molecule has 0 saturated carbocycles. The second-order valence-corrected chi connectivity index (χ2v) is 4.42. The minimum atomic E-state index is 0.209. The number of nitrogens with two attached hydrogens (primary N) is 1. The highest BCUT2D eigenvalue weighted by Crippen LogP contribution is 2.22. The van der Waals surface area contributed by atoms with Crippen LogP contribution in [-0.2, 0) is 0 Å². The van der Waals surface area contributed by atoms with E-state index < -0.39 is 0 Å². The summed E-state index contributed by atoms with van der Waals surface area (Å²) in [6.45, 7) is 8.82. The molecule has 3 nitrogen and oxygen atoms in total. The quantitative estimate of drug-likeness (QED) is 0.805. The molecule has 1 unspecified atom stereocenters. The number of nitrogens with one attached hydrogen (secondary N) is 1. The summed E-state index contributed by atoms with van der Waals surface area (Å²) in [5.74, 6) is 0.915. The smallest absolute Gasteiger partial charge is 0.120 e. The second kappa shape index (κ2) is 5.75. The van der Waals surface area contributed by atoms with Gasteiger partial charge in [0.15, 0.2) is 0 Å². The van der Waals surface area contributed by atoms with E-state index in [0.29, 0.717) is 6.54 Å². The number of anilines is 1. The van der Waals surface area contributed by atoms with Crippen molar-refractivity contribution in [1.29, 1.82) is 0 Å². The van der Waals surface area contributed by atoms with Gasteiger partial charge < -0.3 is 15.8 Å². The van der Waals surface area contributed by atoms with Crippen molar-refractivity contribution in [2.45, 2.75) is 39.8 Å². The summed E-state index contributed by atoms with van der Waals surface area (Å²) in [5, 5.41) is 3.36. The summed E-state index contributed by atoms with van der Waals surface area (Å²) >= 11 is 0. The molecule has 90 valence electrons. The maximum Gasteiger partial charge on any atom is 0.120 e. The Kier molecular flexibility index (Phi) is 4.62. The Bertz CT molecular complexity index is 337. The lowest BCUT2D eigenvalue weighted by atomic mass is 10.1. The van der Waals surface area contributed by atoms with Gasteiger partial charge in [0, 0.05) is 18.3 Å². The third-order valence-corrected chi connectivity index (χ3v) is 2.33. The first kappa shape index (κ1) is 12.8. The molecule has 1 rings (SSSR count). The fraction of sp³-hybridized carbons (Fsp3) is 0.538. The predicted molar refractivity (Wildman–Crippen MR) is 69.1 cm³/mol. The fourth-order valence-electron chi connectivity index (χ4n) is 1.47. The monoisotopic (exact) mass is 222 g/mol. The molecule has 3 heteroatoms. The average molecular weight is 222 g/mol. The van der Waals surface area contributed by atoms with E-state index in [-0.39, 0.29) is 12.1 Å². The van der Waals surface area contributed by atoms with E-state index in [9.17, 15) is 0 Å². The summed E-state index contributed by atoms with van der Waals surface area (Å²) < 4.78 is 5.63. The third kappa shape index (κ3) is 3.74. The highest BCUT2D eigenvalue weighted by atomic mass is 16.5. The summed E-state index contributed by atoms with van der Waals surface area (Å²) in [6.07, 6.45) is 0.209. The van der Waals surface area contributed by atoms with Crippen LogP contribution in [0.3, 0.4) is 0 Å². The van der Waals surface area contributed by atoms with E-state index in [2.05, 4.69) is 19.2 Å². The zero-order chi connectivity index (χ0) is 12.1. The molecular weight excluding hydrogens is 200 g/mol. The molecule has 0 amide bonds. The molecule has 0 aliphatic carbocycles. The molecule has 3 N–H and O–H groups in total. The first-order valence-electron chi connectivity index (χ1n) is 5.77. The standard InChI is InChI=1S/C13H22N2O/c1-9(2)16-12-5-6-13(10(3)7-12)15-11(4)8-14/h5-7,9,11,15H,8,14H2,1-4H3. The lowest BCUT2D eigenvalue weighted by Gasteiger charge is -2.17. The van der Waals surface area contributed by atoms with Crippen LogP contribution in [0, 0.1) is 6.92 Å². The summed E-state index contributed by atoms with van der Waals surface area (Å²) in [5.41, 5.74) is 7.88. The van der Waals surface area contributed by atoms with Gasteiger partial charge in [0.2, 0.25) is 0 Å². The zero-order valence-corrected chi connectivity index (χ0v) is 10.6. The van der Waals surface area contributed by atoms with Gasteiger partial charge in [-0.2, -0.15) is 0 Å². The van der Waals surface area contributed by atoms with Crippen LogP contribution in [0.25, 0.3) is 0 Å². The molecule has 1 aromatic rings. The zero-order valence-electron chi connectivity index (χ0n) is 10.6. The highest BCUT2D eigenvalue weighted by Gasteiger charge is 2.04. The molecule has 0 aromatic heterocycles. The minimum absolute atomic E-state index is 0.209. The van der Waals surface area contributed by atoms with Gasteiger partial charge in [0.25, 0.3) is 0 Å². The van der Waals surface area contributed by atoms with Crippen LogP contribution in [0.1, 0.15) is 26.3 Å². The Hall–Kier alpha value is -1.22. The number of hydrogen-bond donors (Lipinski definition) is 2. The molecular formula is C13H22N2O. The van der Waals surface area contributed by atoms with Gasteiger partial charge in [-0.1, -0.05) is 0 Å². The molecule has 0 fully saturated rings. The van der Waals surface area contributed by atoms with Gasteiger partial charge in [-0.3, -0.25) is 0 Å². The summed E-state index contributed by atoms with van der Waals surface area (Å²) in [7, 11) is 0. The average Bonchev–Trinajstić information content (AvgIpc) is 2.21. The minimum Gasteiger partial charge on any atom is -0.491 e. The van der Waals surface area contributed by atoms with Crippen LogP contribution >= 0.6 is 0 Å². The lowest BCUT2D eigenvalue weighted by Crippen LogP contribution is -2.25. The van der Waals surface area contributed by atoms with Crippen LogP contribution in [-0.4, -0.2) is 18.7 Å². The highest BCUT2D eigenvalue weighted by molar-refractivity contribution is 5.54. The van der Waals surface area contributed by atoms with Crippen LogP contribution in [0.15, 0.2) is 18.2 Å². The number of benzene rings is 1. The largest absolute Gasteiger partial charge is 0.491 e. The van der Waals surface area contributed by atoms with Gasteiger partial charge >= 0.3 is 0 Å². The SMILES string of the molecule is Cc1cc(OC(C)C)ccc1NC(C)CN. The van der Waals surface area contributed by atoms with Gasteiger partial charge in [0.05, 0.1) is 6.10 Å². The van der Waals surface area contributed by atoms with Crippen molar-refractivity contribution in [3.8, 4) is 5.75 Å². The van der Waals surface area contributed by atoms with Crippen LogP contribution in [0.5, 0.6) is 5.75 Å². The Balaban J connectivity index is 2.75. The Labute approximate surface area is 98.0 Å². The van der Waals surface area contributed by atoms with Crippen molar-refractivity contribution in [1.82, 2.24) is 0 Å². The first-order chi connectivity index (χ1) is 7.52. The maximum absolute atomic E-state index is 5.63. The van der Waals surface area contributed by atoms with Crippen molar-refractivity contribution in [3.05, 3.63) is 23.8 Å². The van der Waals surface area contributed by atoms with E-state index in [1.165, 1.54) is 5.56 Å². The van der Waals surface area contributed by atoms with Gasteiger partial charge in [-0.25, -0.2) is 0 Å². The molecule has 1 atom stereocenters. The number of aryl methyl sites for hydroxylation is 1. The summed E-state index contributed by atoms with van der Waals surface area (Å²) in [6, 6.07) is 6.36. The van der Waals surface area contributed by atoms with Gasteiger partial charge in [-0.15, -0.1) is 0 Å². The molecule has 0 heterocycles. The fourth-order valence-corrected chi connectivity index (χ4v) is 1.47. The molecule has 1 aromatic carbocycles. The topological polar surface area (TPSA) is 47.3 Å². The molecule has 0 saturated heterocycles. The second-order valence-electron chi connectivity index (χ2n) is 4.42. The lowest BCUT2D eigenvalue weighted by molar-refractivity contribution is 0.242. The molecule has 0 bridgehead atoms. The van der Waals surface area contributed by atoms with Crippen molar-refractivity contribution >= 4 is 5.69 Å². The maximum atomic E-state index is 5.63. The summed E-state index contributed by atoms with van der Waals surface area (Å²) in [4.78, 5) is 0. The van der Waals surface area contributed by atoms with Crippen LogP contribution in [0.4, 0.5) is 5.69 Å². The molecule has 0 aliphatic heterocycles. The van der Waals surface area contributed by atoms with E-state index in [4.69, 9.17) is 10.5 Å². The Morgan fingerprint density at radius 3 is 2.50 bits per heavy atom. The van der Waals surface area contributed by atoms with Gasteiger partial charge in [-0.05, 0) is 51.5 Å². The van der Waals surface area contributed by atoms with E-state index >= 15 is 0 Å². The van der Waals surface area contributed by atoms with E-state index in [1.807, 2.05) is 32.0 Å². The number of ether oxygens (including phenoxy) is 1. The van der Waals surface area contributed by atoms with Crippen molar-refractivity contribution < 1.29 is 4.74 Å². The van der Waals surface area contributed by atoms with Crippen molar-refractivity contribution in [2.24, 2.45) is 5.73 Å². The van der Waals surface area contributed by atoms with Gasteiger partial charge in [0.1, 0.15) is 5.75 Å². The normalized spacial score (nSPS) is 12.6. The number of hydrogen-bond acceptors (Lipinski definition) is 3. The third-order valence-electron chi connectivity index (χ3n) is 2.33. The number of rotatable bonds is 5. The van der Waals surface area contributed by atoms with E-state index in [0.717, 1.165) is 11.4 Å². The predicted octanol–water partition coefficient (Wildman–Crippen LogP) is 2.54. The Morgan fingerprint density at radius 2 is 2.00 bits per heavy atom. The molecule has 0 spiro atoms. The molecule has 16 heavy (non-hydrogen) atoms. The first-order valence-corrected chi connectivity index (χ1v) is 5.77. The van der Waals surface area contributed by atoms with Crippen molar-refractivity contribution in [3.63, 3.8) is 0 Å². The van der Waals surface area contributed by atoms with Crippen molar-refractivity contribution in [2.75, 3.05) is 11.9 Å². The molecule has 0 aliphatic rings. The van der Waals surface area contributed by atoms with E-state index in [1.54, 1.807) is 0 Å². The molecule has 0 radical (unpaired) electrons. The van der Waals surface area contributed by atoms with Crippen LogP contribution < -0.4 is 15.8 Å².